The molecule has 0 saturated heterocycles. The molecule has 0 radical (unpaired) electrons. The summed E-state index contributed by atoms with van der Waals surface area (Å²) in [4.78, 5) is 0. The lowest BCUT2D eigenvalue weighted by molar-refractivity contribution is 0.0433. The standard InChI is InChI=1S/2C13F9.C6F5.Al.FH/c2*14-3-1-2-4(8(16)7(3)15)5-6(13(2,21)22)10(18)12(20)11(19)9(5)17;7-2-1-3(8)5(10)6(11)4(2)9;;/h;;;;1H/p-1. The molecule has 300 valence electrons. The van der Waals surface area contributed by atoms with Crippen molar-refractivity contribution in [2.45, 2.75) is 11.8 Å². The van der Waals surface area contributed by atoms with Gasteiger partial charge in [0.1, 0.15) is 23.3 Å². The lowest BCUT2D eigenvalue weighted by Crippen LogP contribution is -2.71. The maximum atomic E-state index is 18.5. The van der Waals surface area contributed by atoms with E-state index >= 15 is 65.0 Å². The minimum Gasteiger partial charge on any atom is -0.581 e. The van der Waals surface area contributed by atoms with Gasteiger partial charge in [-0.05, 0) is 0 Å². The number of alkyl halides is 4. The van der Waals surface area contributed by atoms with E-state index < -0.39 is 194 Å². The van der Waals surface area contributed by atoms with Crippen molar-refractivity contribution in [1.82, 2.24) is 0 Å². The fourth-order valence-electron chi connectivity index (χ4n) is 7.20. The molecule has 0 amide bonds. The molecule has 5 aromatic carbocycles. The quantitative estimate of drug-likeness (QED) is 0.0735. The summed E-state index contributed by atoms with van der Waals surface area (Å²) in [6, 6.07) is 0. The number of benzene rings is 5. The van der Waals surface area contributed by atoms with E-state index in [4.69, 9.17) is 0 Å². The summed E-state index contributed by atoms with van der Waals surface area (Å²) in [5, 5.41) is 0. The van der Waals surface area contributed by atoms with Crippen LogP contribution in [0.2, 0.25) is 0 Å². The summed E-state index contributed by atoms with van der Waals surface area (Å²) in [5.74, 6) is -78.7. The van der Waals surface area contributed by atoms with Gasteiger partial charge in [0.15, 0.2) is 87.3 Å². The van der Waals surface area contributed by atoms with Crippen LogP contribution in [0.4, 0.5) is 105 Å². The summed E-state index contributed by atoms with van der Waals surface area (Å²) in [6.07, 6.45) is 0. The van der Waals surface area contributed by atoms with Crippen molar-refractivity contribution in [2.75, 3.05) is 0 Å². The van der Waals surface area contributed by atoms with E-state index in [-0.39, 0.29) is 0 Å². The first-order valence-corrected chi connectivity index (χ1v) is 16.6. The highest BCUT2D eigenvalue weighted by Gasteiger charge is 2.63. The minimum absolute atomic E-state index is 2.79. The molecule has 0 N–H and O–H groups in total. The van der Waals surface area contributed by atoms with Crippen molar-refractivity contribution in [2.24, 2.45) is 0 Å². The van der Waals surface area contributed by atoms with Gasteiger partial charge in [0.05, 0.1) is 11.1 Å². The zero-order valence-electron chi connectivity index (χ0n) is 25.6. The van der Waals surface area contributed by atoms with E-state index in [1.165, 1.54) is 0 Å². The molecule has 2 aliphatic carbocycles. The van der Waals surface area contributed by atoms with Crippen molar-refractivity contribution in [3.63, 3.8) is 0 Å². The molecule has 0 bridgehead atoms. The van der Waals surface area contributed by atoms with Gasteiger partial charge in [-0.3, -0.25) is 0 Å². The zero-order chi connectivity index (χ0) is 42.8. The van der Waals surface area contributed by atoms with E-state index in [1.54, 1.807) is 0 Å². The van der Waals surface area contributed by atoms with Crippen molar-refractivity contribution in [3.05, 3.63) is 133 Å². The van der Waals surface area contributed by atoms with E-state index in [0.29, 0.717) is 0 Å². The number of fused-ring (bicyclic) bond motifs is 6. The number of hydrogen-bond acceptors (Lipinski definition) is 0. The SMILES string of the molecule is Fc1c(F)c(F)[c]([Al-]([F])([c]2c(F)c(F)c(F)c3c2C(F)(F)c2c(F)c(F)c(F)c(F)c2-3)[c]2c(F)c(F)c(F)c3c2C(F)(F)c2c(F)c(F)c(F)c(F)c2-3)c(F)c1F. The molecular weight excluding hydrogens is 867 g/mol. The van der Waals surface area contributed by atoms with Crippen molar-refractivity contribution in [1.29, 1.82) is 0 Å². The van der Waals surface area contributed by atoms with Crippen LogP contribution in [0.3, 0.4) is 0 Å². The normalized spacial score (nSPS) is 14.9. The highest BCUT2D eigenvalue weighted by atomic mass is 27.3. The van der Waals surface area contributed by atoms with Crippen molar-refractivity contribution < 1.29 is 105 Å². The molecule has 57 heavy (non-hydrogen) atoms. The first-order chi connectivity index (χ1) is 26.2. The Morgan fingerprint density at radius 2 is 0.421 bits per heavy atom. The molecule has 7 rings (SSSR count). The fraction of sp³-hybridized carbons (Fsp3) is 0.0625. The number of hydrogen-bond donors (Lipinski definition) is 0. The van der Waals surface area contributed by atoms with Gasteiger partial charge in [0.2, 0.25) is 0 Å². The monoisotopic (exact) mass is 867 g/mol. The lowest BCUT2D eigenvalue weighted by Gasteiger charge is -2.38. The predicted octanol–water partition coefficient (Wildman–Crippen LogP) is 9.51. The molecule has 0 aliphatic heterocycles. The molecular formula is C32AlF24-. The second-order valence-electron chi connectivity index (χ2n) is 12.1. The molecule has 0 aromatic heterocycles. The van der Waals surface area contributed by atoms with Crippen LogP contribution in [-0.2, 0) is 11.8 Å². The van der Waals surface area contributed by atoms with Crippen LogP contribution >= 0.6 is 0 Å². The largest absolute Gasteiger partial charge is 0.581 e. The average Bonchev–Trinajstić information content (AvgIpc) is 3.54. The van der Waals surface area contributed by atoms with Crippen LogP contribution < -0.4 is 13.3 Å². The molecule has 2 aliphatic rings. The Bertz CT molecular complexity index is 2580. The minimum atomic E-state index is -9.72. The molecule has 0 fully saturated rings. The van der Waals surface area contributed by atoms with Gasteiger partial charge in [-0.15, -0.1) is 13.3 Å². The van der Waals surface area contributed by atoms with Crippen LogP contribution in [0.1, 0.15) is 22.3 Å². The summed E-state index contributed by atoms with van der Waals surface area (Å²) >= 11 is -9.72. The Kier molecular flexibility index (Phi) is 8.45. The van der Waals surface area contributed by atoms with Crippen molar-refractivity contribution >= 4 is 26.8 Å². The molecule has 0 saturated carbocycles. The van der Waals surface area contributed by atoms with Crippen molar-refractivity contribution in [3.8, 4) is 22.3 Å². The van der Waals surface area contributed by atoms with Gasteiger partial charge in [0.25, 0.3) is 11.8 Å². The Morgan fingerprint density at radius 3 is 0.719 bits per heavy atom. The summed E-state index contributed by atoms with van der Waals surface area (Å²) in [5.41, 5.74) is -24.7. The van der Waals surface area contributed by atoms with Crippen LogP contribution in [-0.4, -0.2) is 13.5 Å². The summed E-state index contributed by atoms with van der Waals surface area (Å²) in [6.45, 7) is 0. The molecule has 5 aromatic rings. The molecule has 0 heterocycles. The predicted molar refractivity (Wildman–Crippen MR) is 141 cm³/mol. The first-order valence-electron chi connectivity index (χ1n) is 14.4. The molecule has 0 atom stereocenters. The smallest absolute Gasteiger partial charge is 0.451 e. The zero-order valence-corrected chi connectivity index (χ0v) is 26.8. The Balaban J connectivity index is 1.84. The van der Waals surface area contributed by atoms with E-state index in [1.807, 2.05) is 0 Å². The summed E-state index contributed by atoms with van der Waals surface area (Å²) < 4.78 is 358. The molecule has 0 spiro atoms. The van der Waals surface area contributed by atoms with Gasteiger partial charge in [-0.2, -0.15) is 17.6 Å². The van der Waals surface area contributed by atoms with E-state index in [2.05, 4.69) is 0 Å². The molecule has 0 unspecified atom stereocenters. The maximum Gasteiger partial charge on any atom is 0.451 e. The van der Waals surface area contributed by atoms with Gasteiger partial charge in [0, 0.05) is 33.4 Å². The second kappa shape index (κ2) is 12.0. The Hall–Kier alpha value is -5.05. The van der Waals surface area contributed by atoms with Crippen LogP contribution in [0.5, 0.6) is 0 Å². The lowest BCUT2D eigenvalue weighted by atomic mass is 10.0. The van der Waals surface area contributed by atoms with Gasteiger partial charge in [-0.1, -0.05) is 0 Å². The fourth-order valence-corrected chi connectivity index (χ4v) is 11.4. The highest BCUT2D eigenvalue weighted by molar-refractivity contribution is 7.07. The second-order valence-corrected chi connectivity index (χ2v) is 15.4. The molecule has 0 nitrogen and oxygen atoms in total. The van der Waals surface area contributed by atoms with Crippen LogP contribution in [0.25, 0.3) is 22.3 Å². The van der Waals surface area contributed by atoms with Crippen LogP contribution in [0.15, 0.2) is 0 Å². The van der Waals surface area contributed by atoms with Crippen LogP contribution in [0, 0.1) is 111 Å². The summed E-state index contributed by atoms with van der Waals surface area (Å²) in [7, 11) is 0. The third-order valence-corrected chi connectivity index (χ3v) is 13.4. The van der Waals surface area contributed by atoms with E-state index in [9.17, 15) is 39.5 Å². The Labute approximate surface area is 298 Å². The van der Waals surface area contributed by atoms with E-state index in [0.717, 1.165) is 0 Å². The Morgan fingerprint density at radius 1 is 0.228 bits per heavy atom. The third kappa shape index (κ3) is 4.49. The van der Waals surface area contributed by atoms with Gasteiger partial charge >= 0.3 is 13.5 Å². The third-order valence-electron chi connectivity index (χ3n) is 9.45. The first kappa shape index (κ1) is 40.2. The highest BCUT2D eigenvalue weighted by Crippen LogP contribution is 2.57. The van der Waals surface area contributed by atoms with Gasteiger partial charge < -0.3 is 3.52 Å². The molecule has 25 heteroatoms. The number of rotatable bonds is 3. The topological polar surface area (TPSA) is 0 Å². The maximum absolute atomic E-state index is 18.5. The van der Waals surface area contributed by atoms with Gasteiger partial charge in [-0.25, -0.2) is 83.4 Å². The number of halogens is 24. The average molecular weight is 867 g/mol.